The maximum absolute atomic E-state index is 13.1. The van der Waals surface area contributed by atoms with E-state index in [2.05, 4.69) is 5.32 Å². The van der Waals surface area contributed by atoms with E-state index in [0.717, 1.165) is 12.1 Å². The van der Waals surface area contributed by atoms with Crippen LogP contribution in [0.3, 0.4) is 0 Å². The van der Waals surface area contributed by atoms with Crippen LogP contribution in [0.1, 0.15) is 36.0 Å². The van der Waals surface area contributed by atoms with E-state index in [-0.39, 0.29) is 17.8 Å². The van der Waals surface area contributed by atoms with Gasteiger partial charge in [-0.3, -0.25) is 9.59 Å². The lowest BCUT2D eigenvalue weighted by Gasteiger charge is -2.27. The van der Waals surface area contributed by atoms with E-state index in [1.165, 1.54) is 0 Å². The number of halogens is 2. The van der Waals surface area contributed by atoms with Gasteiger partial charge in [0.05, 0.1) is 0 Å². The van der Waals surface area contributed by atoms with E-state index in [1.54, 1.807) is 0 Å². The molecule has 1 aliphatic carbocycles. The molecular weight excluding hydrogens is 296 g/mol. The van der Waals surface area contributed by atoms with Crippen molar-refractivity contribution < 1.29 is 28.3 Å². The number of hydrogen-bond acceptors (Lipinski definition) is 3. The van der Waals surface area contributed by atoms with E-state index < -0.39 is 35.5 Å². The Balaban J connectivity index is 2.13. The molecule has 2 rings (SSSR count). The summed E-state index contributed by atoms with van der Waals surface area (Å²) < 4.78 is 26.0. The molecule has 5 nitrogen and oxygen atoms in total. The van der Waals surface area contributed by atoms with E-state index in [0.29, 0.717) is 25.3 Å². The van der Waals surface area contributed by atoms with Crippen LogP contribution in [0.4, 0.5) is 8.78 Å². The number of aliphatic carboxylic acids is 1. The zero-order valence-electron chi connectivity index (χ0n) is 11.6. The highest BCUT2D eigenvalue weighted by molar-refractivity contribution is 5.96. The number of amides is 1. The molecule has 0 heterocycles. The minimum absolute atomic E-state index is 0.0374. The summed E-state index contributed by atoms with van der Waals surface area (Å²) in [6.45, 7) is 0. The fourth-order valence-corrected chi connectivity index (χ4v) is 2.59. The molecule has 0 aliphatic heterocycles. The van der Waals surface area contributed by atoms with Gasteiger partial charge in [-0.2, -0.15) is 0 Å². The van der Waals surface area contributed by atoms with Crippen LogP contribution in [0.5, 0.6) is 0 Å². The molecule has 1 saturated carbocycles. The number of hydrogen-bond donors (Lipinski definition) is 2. The normalized spacial score (nSPS) is 19.5. The minimum Gasteiger partial charge on any atom is -0.480 e. The summed E-state index contributed by atoms with van der Waals surface area (Å²) in [5.74, 6) is -4.88. The maximum Gasteiger partial charge on any atom is 0.326 e. The van der Waals surface area contributed by atoms with Crippen molar-refractivity contribution in [3.63, 3.8) is 0 Å². The van der Waals surface area contributed by atoms with Crippen molar-refractivity contribution in [2.45, 2.75) is 31.7 Å². The standard InChI is InChI=1S/C15H15F2NO4/c16-11-5-4-9(7-12(11)17)14(20)18-13(15(21)22)8-2-1-3-10(19)6-8/h4-5,7-8,13H,1-3,6H2,(H,18,20)(H,21,22)/t8-,13+/m0/s1. The van der Waals surface area contributed by atoms with Gasteiger partial charge in [0.2, 0.25) is 0 Å². The minimum atomic E-state index is -1.25. The van der Waals surface area contributed by atoms with Gasteiger partial charge in [0, 0.05) is 18.4 Å². The molecule has 1 aliphatic rings. The van der Waals surface area contributed by atoms with Crippen LogP contribution >= 0.6 is 0 Å². The first-order chi connectivity index (χ1) is 10.4. The zero-order chi connectivity index (χ0) is 16.3. The lowest BCUT2D eigenvalue weighted by atomic mass is 9.83. The van der Waals surface area contributed by atoms with Gasteiger partial charge in [0.25, 0.3) is 5.91 Å². The fraction of sp³-hybridized carbons (Fsp3) is 0.400. The molecule has 7 heteroatoms. The second kappa shape index (κ2) is 6.64. The van der Waals surface area contributed by atoms with Crippen LogP contribution in [-0.4, -0.2) is 28.8 Å². The second-order valence-electron chi connectivity index (χ2n) is 5.31. The van der Waals surface area contributed by atoms with Crippen molar-refractivity contribution in [2.24, 2.45) is 5.92 Å². The predicted octanol–water partition coefficient (Wildman–Crippen LogP) is 1.91. The SMILES string of the molecule is O=C1CCC[C@H]([C@@H](NC(=O)c2ccc(F)c(F)c2)C(=O)O)C1. The molecule has 2 atom stereocenters. The molecule has 1 aromatic rings. The third-order valence-corrected chi connectivity index (χ3v) is 3.73. The van der Waals surface area contributed by atoms with Crippen LogP contribution in [0.25, 0.3) is 0 Å². The molecule has 0 aromatic heterocycles. The summed E-state index contributed by atoms with van der Waals surface area (Å²) in [5, 5.41) is 11.5. The summed E-state index contributed by atoms with van der Waals surface area (Å²) in [7, 11) is 0. The van der Waals surface area contributed by atoms with Gasteiger partial charge >= 0.3 is 5.97 Å². The highest BCUT2D eigenvalue weighted by Gasteiger charge is 2.33. The fourth-order valence-electron chi connectivity index (χ4n) is 2.59. The smallest absolute Gasteiger partial charge is 0.326 e. The van der Waals surface area contributed by atoms with Crippen molar-refractivity contribution in [3.05, 3.63) is 35.4 Å². The van der Waals surface area contributed by atoms with Crippen LogP contribution in [0, 0.1) is 17.6 Å². The lowest BCUT2D eigenvalue weighted by Crippen LogP contribution is -2.47. The quantitative estimate of drug-likeness (QED) is 0.889. The Kier molecular flexibility index (Phi) is 4.85. The summed E-state index contributed by atoms with van der Waals surface area (Å²) in [4.78, 5) is 34.8. The first-order valence-corrected chi connectivity index (χ1v) is 6.89. The van der Waals surface area contributed by atoms with Crippen LogP contribution in [-0.2, 0) is 9.59 Å². The number of carboxylic acid groups (broad SMARTS) is 1. The van der Waals surface area contributed by atoms with Gasteiger partial charge < -0.3 is 10.4 Å². The molecule has 1 fully saturated rings. The summed E-state index contributed by atoms with van der Waals surface area (Å²) in [5.41, 5.74) is -0.174. The molecule has 0 unspecified atom stereocenters. The molecule has 118 valence electrons. The Labute approximate surface area is 125 Å². The number of benzene rings is 1. The molecule has 1 aromatic carbocycles. The van der Waals surface area contributed by atoms with Gasteiger partial charge in [-0.25, -0.2) is 13.6 Å². The van der Waals surface area contributed by atoms with Crippen molar-refractivity contribution in [1.82, 2.24) is 5.32 Å². The topological polar surface area (TPSA) is 83.5 Å². The number of ketones is 1. The number of carbonyl (C=O) groups excluding carboxylic acids is 2. The van der Waals surface area contributed by atoms with Crippen molar-refractivity contribution in [2.75, 3.05) is 0 Å². The van der Waals surface area contributed by atoms with Gasteiger partial charge in [0.15, 0.2) is 11.6 Å². The molecular formula is C15H15F2NO4. The number of nitrogens with one attached hydrogen (secondary N) is 1. The Bertz CT molecular complexity index is 618. The Morgan fingerprint density at radius 1 is 1.27 bits per heavy atom. The van der Waals surface area contributed by atoms with E-state index in [4.69, 9.17) is 0 Å². The van der Waals surface area contributed by atoms with Crippen LogP contribution in [0.15, 0.2) is 18.2 Å². The molecule has 0 bridgehead atoms. The average molecular weight is 311 g/mol. The van der Waals surface area contributed by atoms with Gasteiger partial charge in [-0.15, -0.1) is 0 Å². The maximum atomic E-state index is 13.1. The molecule has 0 radical (unpaired) electrons. The summed E-state index contributed by atoms with van der Waals surface area (Å²) in [6.07, 6.45) is 1.60. The largest absolute Gasteiger partial charge is 0.480 e. The highest BCUT2D eigenvalue weighted by atomic mass is 19.2. The van der Waals surface area contributed by atoms with Crippen LogP contribution in [0.2, 0.25) is 0 Å². The number of carboxylic acids is 1. The molecule has 2 N–H and O–H groups in total. The average Bonchev–Trinajstić information content (AvgIpc) is 2.47. The second-order valence-corrected chi connectivity index (χ2v) is 5.31. The third kappa shape index (κ3) is 3.66. The first-order valence-electron chi connectivity index (χ1n) is 6.89. The first kappa shape index (κ1) is 16.1. The van der Waals surface area contributed by atoms with E-state index >= 15 is 0 Å². The van der Waals surface area contributed by atoms with Crippen molar-refractivity contribution in [1.29, 1.82) is 0 Å². The number of rotatable bonds is 4. The predicted molar refractivity (Wildman–Crippen MR) is 72.2 cm³/mol. The Morgan fingerprint density at radius 2 is 2.00 bits per heavy atom. The van der Waals surface area contributed by atoms with Gasteiger partial charge in [-0.05, 0) is 37.0 Å². The highest BCUT2D eigenvalue weighted by Crippen LogP contribution is 2.25. The van der Waals surface area contributed by atoms with Crippen molar-refractivity contribution >= 4 is 17.7 Å². The molecule has 1 amide bonds. The Morgan fingerprint density at radius 3 is 2.59 bits per heavy atom. The number of carbonyl (C=O) groups is 3. The monoisotopic (exact) mass is 311 g/mol. The Hall–Kier alpha value is -2.31. The summed E-state index contributed by atoms with van der Waals surface area (Å²) >= 11 is 0. The van der Waals surface area contributed by atoms with Gasteiger partial charge in [0.1, 0.15) is 11.8 Å². The van der Waals surface area contributed by atoms with Crippen LogP contribution < -0.4 is 5.32 Å². The van der Waals surface area contributed by atoms with Gasteiger partial charge in [-0.1, -0.05) is 0 Å². The van der Waals surface area contributed by atoms with E-state index in [1.807, 2.05) is 0 Å². The zero-order valence-corrected chi connectivity index (χ0v) is 11.6. The van der Waals surface area contributed by atoms with E-state index in [9.17, 15) is 28.3 Å². The molecule has 0 spiro atoms. The third-order valence-electron chi connectivity index (χ3n) is 3.73. The lowest BCUT2D eigenvalue weighted by molar-refractivity contribution is -0.141. The number of Topliss-reactive ketones (excluding diaryl/α,β-unsaturated/α-hetero) is 1. The van der Waals surface area contributed by atoms with Crippen molar-refractivity contribution in [3.8, 4) is 0 Å². The summed E-state index contributed by atoms with van der Waals surface area (Å²) in [6, 6.07) is 1.34. The molecule has 22 heavy (non-hydrogen) atoms. The molecule has 0 saturated heterocycles.